The predicted octanol–water partition coefficient (Wildman–Crippen LogP) is 4.47. The Morgan fingerprint density at radius 2 is 1.76 bits per heavy atom. The van der Waals surface area contributed by atoms with Crippen molar-refractivity contribution in [2.45, 2.75) is 44.1 Å². The Bertz CT molecular complexity index is 1440. The Morgan fingerprint density at radius 3 is 2.38 bits per heavy atom. The number of ether oxygens (including phenoxy) is 2. The van der Waals surface area contributed by atoms with E-state index in [0.29, 0.717) is 43.2 Å². The fourth-order valence-electron chi connectivity index (χ4n) is 6.70. The van der Waals surface area contributed by atoms with Gasteiger partial charge in [-0.2, -0.15) is 0 Å². The van der Waals surface area contributed by atoms with E-state index in [9.17, 15) is 14.4 Å². The number of aromatic nitrogens is 1. The third-order valence-corrected chi connectivity index (χ3v) is 10.4. The summed E-state index contributed by atoms with van der Waals surface area (Å²) in [6.45, 7) is 4.91. The molecule has 0 radical (unpaired) electrons. The molecule has 242 valence electrons. The van der Waals surface area contributed by atoms with E-state index in [4.69, 9.17) is 37.7 Å². The van der Waals surface area contributed by atoms with Crippen molar-refractivity contribution in [3.63, 3.8) is 0 Å². The van der Waals surface area contributed by atoms with Crippen molar-refractivity contribution in [3.8, 4) is 0 Å². The number of nitrogens with zero attached hydrogens (tertiary/aromatic N) is 5. The number of likely N-dealkylation sites (N-methyl/N-ethyl adjacent to an activating group) is 1. The first-order valence-electron chi connectivity index (χ1n) is 15.2. The minimum atomic E-state index is -1.02. The molecule has 1 aromatic carbocycles. The highest BCUT2D eigenvalue weighted by Gasteiger charge is 2.46. The number of hydrogen-bond acceptors (Lipinski definition) is 10. The quantitative estimate of drug-likeness (QED) is 0.359. The average molecular weight is 677 g/mol. The van der Waals surface area contributed by atoms with Gasteiger partial charge in [-0.25, -0.2) is 9.78 Å². The number of amides is 1. The Labute approximate surface area is 278 Å². The van der Waals surface area contributed by atoms with Gasteiger partial charge in [0, 0.05) is 78.4 Å². The van der Waals surface area contributed by atoms with E-state index in [0.717, 1.165) is 31.2 Å². The highest BCUT2D eigenvalue weighted by atomic mass is 35.5. The molecule has 3 aliphatic rings. The minimum absolute atomic E-state index is 0.0816. The summed E-state index contributed by atoms with van der Waals surface area (Å²) >= 11 is 14.9. The van der Waals surface area contributed by atoms with Gasteiger partial charge < -0.3 is 19.3 Å². The van der Waals surface area contributed by atoms with E-state index in [2.05, 4.69) is 21.8 Å². The van der Waals surface area contributed by atoms with Gasteiger partial charge in [-0.15, -0.1) is 11.3 Å². The summed E-state index contributed by atoms with van der Waals surface area (Å²) in [6.07, 6.45) is 4.80. The van der Waals surface area contributed by atoms with Crippen molar-refractivity contribution in [1.82, 2.24) is 19.7 Å². The number of piperidine rings is 1. The number of rotatable bonds is 9. The minimum Gasteiger partial charge on any atom is -0.468 e. The summed E-state index contributed by atoms with van der Waals surface area (Å²) < 4.78 is 10.5. The number of thiazole rings is 1. The highest BCUT2D eigenvalue weighted by Crippen LogP contribution is 2.46. The topological polar surface area (TPSA) is 105 Å². The van der Waals surface area contributed by atoms with Crippen LogP contribution in [0.1, 0.15) is 42.2 Å². The molecule has 2 saturated heterocycles. The molecule has 3 atom stereocenters. The number of benzene rings is 1. The molecule has 0 N–H and O–H groups in total. The monoisotopic (exact) mass is 675 g/mol. The van der Waals surface area contributed by atoms with Crippen LogP contribution < -0.4 is 0 Å². The standard InChI is InChI=1S/C32H39Cl2N5O5S/c1-37-12-5-6-20(19-37)38-13-15-39(16-14-38)26(40)18-24-29(32(42)44-3)30(27-21(33)7-4-8-22(27)34)28(31(41)43-2)23(36-24)9-10-25-35-11-17-45-25/h4,7-8,11,17,20,28,30H,5-6,9-10,12-16,18-19H2,1-3H3. The van der Waals surface area contributed by atoms with Crippen molar-refractivity contribution < 1.29 is 23.9 Å². The second kappa shape index (κ2) is 15.2. The van der Waals surface area contributed by atoms with Gasteiger partial charge in [0.25, 0.3) is 0 Å². The van der Waals surface area contributed by atoms with E-state index >= 15 is 0 Å². The summed E-state index contributed by atoms with van der Waals surface area (Å²) in [7, 11) is 4.71. The lowest BCUT2D eigenvalue weighted by Crippen LogP contribution is -2.55. The van der Waals surface area contributed by atoms with Crippen LogP contribution in [0.2, 0.25) is 10.0 Å². The number of carbonyl (C=O) groups is 3. The first-order valence-corrected chi connectivity index (χ1v) is 16.8. The van der Waals surface area contributed by atoms with Crippen LogP contribution in [0.5, 0.6) is 0 Å². The molecule has 10 nitrogen and oxygen atoms in total. The number of halogens is 2. The lowest BCUT2D eigenvalue weighted by atomic mass is 9.74. The summed E-state index contributed by atoms with van der Waals surface area (Å²) in [5, 5.41) is 3.31. The van der Waals surface area contributed by atoms with Gasteiger partial charge in [-0.05, 0) is 50.6 Å². The fourth-order valence-corrected chi connectivity index (χ4v) is 7.95. The van der Waals surface area contributed by atoms with Crippen LogP contribution in [-0.2, 0) is 30.3 Å². The van der Waals surface area contributed by atoms with E-state index in [1.807, 2.05) is 10.3 Å². The molecule has 13 heteroatoms. The second-order valence-corrected chi connectivity index (χ2v) is 13.4. The molecule has 5 rings (SSSR count). The molecule has 0 bridgehead atoms. The maximum absolute atomic E-state index is 13.8. The summed E-state index contributed by atoms with van der Waals surface area (Å²) in [5.74, 6) is -3.43. The zero-order valence-electron chi connectivity index (χ0n) is 25.8. The summed E-state index contributed by atoms with van der Waals surface area (Å²) in [6, 6.07) is 5.50. The maximum atomic E-state index is 13.8. The molecule has 1 aromatic heterocycles. The predicted molar refractivity (Wildman–Crippen MR) is 175 cm³/mol. The molecule has 3 aliphatic heterocycles. The zero-order chi connectivity index (χ0) is 32.1. The van der Waals surface area contributed by atoms with Crippen molar-refractivity contribution >= 4 is 58.1 Å². The Balaban J connectivity index is 1.50. The first kappa shape index (κ1) is 33.5. The third-order valence-electron chi connectivity index (χ3n) is 8.94. The third kappa shape index (κ3) is 7.60. The Hall–Kier alpha value is -2.83. The summed E-state index contributed by atoms with van der Waals surface area (Å²) in [5.41, 5.74) is 1.19. The number of hydrogen-bond donors (Lipinski definition) is 0. The van der Waals surface area contributed by atoms with Gasteiger partial charge in [0.15, 0.2) is 0 Å². The number of methoxy groups -OCH3 is 2. The van der Waals surface area contributed by atoms with E-state index in [1.165, 1.54) is 38.4 Å². The van der Waals surface area contributed by atoms with Gasteiger partial charge in [0.1, 0.15) is 5.92 Å². The van der Waals surface area contributed by atoms with Crippen LogP contribution in [0.3, 0.4) is 0 Å². The van der Waals surface area contributed by atoms with Crippen molar-refractivity contribution in [2.24, 2.45) is 10.9 Å². The molecule has 0 spiro atoms. The SMILES string of the molecule is COC(=O)C1=C(CC(=O)N2CCN(C3CCCN(C)C3)CC2)N=C(CCc2nccs2)C(C(=O)OC)C1c1c(Cl)cccc1Cl. The van der Waals surface area contributed by atoms with E-state index < -0.39 is 23.8 Å². The largest absolute Gasteiger partial charge is 0.468 e. The van der Waals surface area contributed by atoms with Crippen LogP contribution >= 0.6 is 34.5 Å². The molecular weight excluding hydrogens is 637 g/mol. The van der Waals surface area contributed by atoms with Gasteiger partial charge >= 0.3 is 11.9 Å². The molecule has 4 heterocycles. The Kier molecular flexibility index (Phi) is 11.3. The van der Waals surface area contributed by atoms with Crippen LogP contribution in [0, 0.1) is 5.92 Å². The Morgan fingerprint density at radius 1 is 1.02 bits per heavy atom. The van der Waals surface area contributed by atoms with Gasteiger partial charge in [0.05, 0.1) is 36.9 Å². The number of esters is 2. The van der Waals surface area contributed by atoms with E-state index in [-0.39, 0.29) is 33.6 Å². The second-order valence-electron chi connectivity index (χ2n) is 11.6. The molecule has 1 amide bonds. The van der Waals surface area contributed by atoms with Gasteiger partial charge in [-0.1, -0.05) is 29.3 Å². The number of piperazine rings is 1. The fraction of sp³-hybridized carbons (Fsp3) is 0.531. The normalized spacial score (nSPS) is 23.1. The van der Waals surface area contributed by atoms with Crippen molar-refractivity contribution in [3.05, 3.63) is 61.7 Å². The van der Waals surface area contributed by atoms with Crippen molar-refractivity contribution in [2.75, 3.05) is 60.5 Å². The number of likely N-dealkylation sites (tertiary alicyclic amines) is 1. The van der Waals surface area contributed by atoms with Gasteiger partial charge in [-0.3, -0.25) is 19.5 Å². The lowest BCUT2D eigenvalue weighted by molar-refractivity contribution is -0.143. The molecular formula is C32H39Cl2N5O5S. The lowest BCUT2D eigenvalue weighted by Gasteiger charge is -2.42. The number of aryl methyl sites for hydroxylation is 1. The van der Waals surface area contributed by atoms with E-state index in [1.54, 1.807) is 24.4 Å². The van der Waals surface area contributed by atoms with Crippen LogP contribution in [0.25, 0.3) is 0 Å². The molecule has 0 aliphatic carbocycles. The van der Waals surface area contributed by atoms with Crippen LogP contribution in [-0.4, -0.2) is 110 Å². The smallest absolute Gasteiger partial charge is 0.336 e. The van der Waals surface area contributed by atoms with Crippen LogP contribution in [0.4, 0.5) is 0 Å². The molecule has 0 saturated carbocycles. The molecule has 2 aromatic rings. The molecule has 2 fully saturated rings. The molecule has 3 unspecified atom stereocenters. The molecule has 45 heavy (non-hydrogen) atoms. The number of carbonyl (C=O) groups excluding carboxylic acids is 3. The highest BCUT2D eigenvalue weighted by molar-refractivity contribution is 7.09. The summed E-state index contributed by atoms with van der Waals surface area (Å²) in [4.78, 5) is 56.8. The zero-order valence-corrected chi connectivity index (χ0v) is 28.2. The van der Waals surface area contributed by atoms with Gasteiger partial charge in [0.2, 0.25) is 5.91 Å². The van der Waals surface area contributed by atoms with Crippen LogP contribution in [0.15, 0.2) is 46.0 Å². The average Bonchev–Trinajstić information content (AvgIpc) is 3.57. The number of aliphatic imine (C=N–C) groups is 1. The maximum Gasteiger partial charge on any atom is 0.336 e. The van der Waals surface area contributed by atoms with Crippen molar-refractivity contribution in [1.29, 1.82) is 0 Å². The first-order chi connectivity index (χ1) is 21.7.